The van der Waals surface area contributed by atoms with Gasteiger partial charge in [-0.3, -0.25) is 4.79 Å². The van der Waals surface area contributed by atoms with Crippen LogP contribution in [0.4, 0.5) is 19.4 Å². The number of rotatable bonds is 5. The van der Waals surface area contributed by atoms with Crippen LogP contribution in [-0.2, 0) is 16.1 Å². The molecule has 1 aromatic rings. The Hall–Kier alpha value is -2.29. The lowest BCUT2D eigenvalue weighted by Gasteiger charge is -2.33. The van der Waals surface area contributed by atoms with E-state index in [0.29, 0.717) is 5.56 Å². The number of anilines is 1. The first-order valence-corrected chi connectivity index (χ1v) is 9.23. The number of nitrogens with zero attached hydrogens (tertiary/aromatic N) is 1. The summed E-state index contributed by atoms with van der Waals surface area (Å²) in [4.78, 5) is 29.0. The third-order valence-electron chi connectivity index (χ3n) is 4.45. The maximum atomic E-state index is 13.5. The van der Waals surface area contributed by atoms with Crippen molar-refractivity contribution in [3.8, 4) is 0 Å². The molecule has 0 radical (unpaired) electrons. The van der Waals surface area contributed by atoms with Gasteiger partial charge in [-0.05, 0) is 57.2 Å². The third-order valence-corrected chi connectivity index (χ3v) is 4.45. The average Bonchev–Trinajstić information content (AvgIpc) is 2.58. The predicted molar refractivity (Wildman–Crippen MR) is 98.9 cm³/mol. The van der Waals surface area contributed by atoms with E-state index >= 15 is 0 Å². The van der Waals surface area contributed by atoms with Crippen LogP contribution in [0.5, 0.6) is 0 Å². The number of aliphatic hydroxyl groups is 1. The quantitative estimate of drug-likeness (QED) is 0.706. The van der Waals surface area contributed by atoms with Gasteiger partial charge in [0.1, 0.15) is 17.5 Å². The van der Waals surface area contributed by atoms with Crippen molar-refractivity contribution in [3.05, 3.63) is 23.9 Å². The van der Waals surface area contributed by atoms with Crippen LogP contribution >= 0.6 is 0 Å². The second kappa shape index (κ2) is 8.81. The van der Waals surface area contributed by atoms with Gasteiger partial charge >= 0.3 is 6.09 Å². The molecular formula is C19H27F2N3O4. The van der Waals surface area contributed by atoms with Crippen molar-refractivity contribution >= 4 is 17.8 Å². The highest BCUT2D eigenvalue weighted by Crippen LogP contribution is 2.37. The summed E-state index contributed by atoms with van der Waals surface area (Å²) < 4.78 is 32.2. The second-order valence-corrected chi connectivity index (χ2v) is 8.01. The number of ether oxygens (including phenoxy) is 1. The SMILES string of the molecule is CC(C)(C)OC(=O)N[C@H](C(=O)Nc1cc(CO)ccn1)C1CCC(F)(F)CC1. The van der Waals surface area contributed by atoms with Gasteiger partial charge in [0, 0.05) is 19.0 Å². The number of hydrogen-bond donors (Lipinski definition) is 3. The van der Waals surface area contributed by atoms with Gasteiger partial charge in [-0.25, -0.2) is 18.6 Å². The molecule has 0 saturated heterocycles. The molecule has 3 N–H and O–H groups in total. The molecule has 1 fully saturated rings. The minimum absolute atomic E-state index is 0.102. The molecule has 0 aromatic carbocycles. The minimum Gasteiger partial charge on any atom is -0.444 e. The smallest absolute Gasteiger partial charge is 0.408 e. The molecule has 1 atom stereocenters. The van der Waals surface area contributed by atoms with Gasteiger partial charge in [0.2, 0.25) is 11.8 Å². The zero-order valence-electron chi connectivity index (χ0n) is 16.3. The van der Waals surface area contributed by atoms with Crippen molar-refractivity contribution in [3.63, 3.8) is 0 Å². The van der Waals surface area contributed by atoms with Crippen molar-refractivity contribution in [1.82, 2.24) is 10.3 Å². The van der Waals surface area contributed by atoms with Crippen LogP contribution < -0.4 is 10.6 Å². The standard InChI is InChI=1S/C19H27F2N3O4/c1-18(2,3)28-17(27)24-15(13-4-7-19(20,21)8-5-13)16(26)23-14-10-12(11-25)6-9-22-14/h6,9-10,13,15,25H,4-5,7-8,11H2,1-3H3,(H,24,27)(H,22,23,26)/t15-/m0/s1. The molecule has 9 heteroatoms. The number of aromatic nitrogens is 1. The molecule has 7 nitrogen and oxygen atoms in total. The maximum Gasteiger partial charge on any atom is 0.408 e. The molecule has 2 rings (SSSR count). The first-order valence-electron chi connectivity index (χ1n) is 9.23. The fourth-order valence-corrected chi connectivity index (χ4v) is 3.07. The normalized spacial score (nSPS) is 18.2. The molecule has 28 heavy (non-hydrogen) atoms. The molecular weight excluding hydrogens is 372 g/mol. The molecule has 0 aliphatic heterocycles. The Balaban J connectivity index is 2.14. The minimum atomic E-state index is -2.75. The molecule has 1 heterocycles. The number of pyridine rings is 1. The molecule has 156 valence electrons. The summed E-state index contributed by atoms with van der Waals surface area (Å²) in [6.45, 7) is 4.84. The average molecular weight is 399 g/mol. The number of amides is 2. The van der Waals surface area contributed by atoms with Gasteiger partial charge < -0.3 is 20.5 Å². The lowest BCUT2D eigenvalue weighted by molar-refractivity contribution is -0.121. The number of alkyl carbamates (subject to hydrolysis) is 1. The number of halogens is 2. The van der Waals surface area contributed by atoms with E-state index in [1.807, 2.05) is 0 Å². The van der Waals surface area contributed by atoms with E-state index in [0.717, 1.165) is 0 Å². The predicted octanol–water partition coefficient (Wildman–Crippen LogP) is 3.23. The van der Waals surface area contributed by atoms with Crippen molar-refractivity contribution in [2.75, 3.05) is 5.32 Å². The van der Waals surface area contributed by atoms with E-state index in [1.165, 1.54) is 12.3 Å². The number of aliphatic hydroxyl groups excluding tert-OH is 1. The molecule has 0 spiro atoms. The van der Waals surface area contributed by atoms with Crippen LogP contribution in [0.25, 0.3) is 0 Å². The molecule has 1 aliphatic rings. The molecule has 1 saturated carbocycles. The fourth-order valence-electron chi connectivity index (χ4n) is 3.07. The van der Waals surface area contributed by atoms with Gasteiger partial charge in [-0.15, -0.1) is 0 Å². The Morgan fingerprint density at radius 3 is 2.57 bits per heavy atom. The topological polar surface area (TPSA) is 101 Å². The van der Waals surface area contributed by atoms with E-state index in [1.54, 1.807) is 26.8 Å². The number of carbonyl (C=O) groups is 2. The van der Waals surface area contributed by atoms with Crippen LogP contribution in [0.2, 0.25) is 0 Å². The summed E-state index contributed by atoms with van der Waals surface area (Å²) in [7, 11) is 0. The van der Waals surface area contributed by atoms with Crippen molar-refractivity contribution < 1.29 is 28.2 Å². The van der Waals surface area contributed by atoms with E-state index in [9.17, 15) is 23.5 Å². The van der Waals surface area contributed by atoms with Crippen molar-refractivity contribution in [2.45, 2.75) is 70.6 Å². The molecule has 1 aromatic heterocycles. The van der Waals surface area contributed by atoms with Gasteiger partial charge in [0.05, 0.1) is 6.61 Å². The Morgan fingerprint density at radius 1 is 1.36 bits per heavy atom. The highest BCUT2D eigenvalue weighted by atomic mass is 19.3. The summed E-state index contributed by atoms with van der Waals surface area (Å²) in [5.41, 5.74) is -0.207. The van der Waals surface area contributed by atoms with Crippen LogP contribution in [0.1, 0.15) is 52.0 Å². The van der Waals surface area contributed by atoms with E-state index in [2.05, 4.69) is 15.6 Å². The molecule has 0 unspecified atom stereocenters. The highest BCUT2D eigenvalue weighted by Gasteiger charge is 2.40. The van der Waals surface area contributed by atoms with Gasteiger partial charge in [-0.2, -0.15) is 0 Å². The summed E-state index contributed by atoms with van der Waals surface area (Å²) in [5.74, 6) is -3.56. The summed E-state index contributed by atoms with van der Waals surface area (Å²) in [6, 6.07) is 2.05. The second-order valence-electron chi connectivity index (χ2n) is 8.01. The van der Waals surface area contributed by atoms with Gasteiger partial charge in [0.25, 0.3) is 0 Å². The number of nitrogens with one attached hydrogen (secondary N) is 2. The zero-order valence-corrected chi connectivity index (χ0v) is 16.3. The molecule has 1 aliphatic carbocycles. The first kappa shape index (κ1) is 22.0. The monoisotopic (exact) mass is 399 g/mol. The third kappa shape index (κ3) is 6.70. The van der Waals surface area contributed by atoms with Crippen LogP contribution in [0.3, 0.4) is 0 Å². The maximum absolute atomic E-state index is 13.5. The Bertz CT molecular complexity index is 697. The van der Waals surface area contributed by atoms with Crippen LogP contribution in [0.15, 0.2) is 18.3 Å². The van der Waals surface area contributed by atoms with Gasteiger partial charge in [0.15, 0.2) is 0 Å². The molecule has 2 amide bonds. The zero-order chi connectivity index (χ0) is 20.9. The number of alkyl halides is 2. The van der Waals surface area contributed by atoms with Crippen LogP contribution in [-0.4, -0.2) is 39.7 Å². The van der Waals surface area contributed by atoms with E-state index in [-0.39, 0.29) is 38.1 Å². The lowest BCUT2D eigenvalue weighted by atomic mass is 9.81. The Morgan fingerprint density at radius 2 is 2.00 bits per heavy atom. The van der Waals surface area contributed by atoms with Crippen LogP contribution in [0, 0.1) is 5.92 Å². The summed E-state index contributed by atoms with van der Waals surface area (Å²) >= 11 is 0. The van der Waals surface area contributed by atoms with E-state index in [4.69, 9.17) is 4.74 Å². The Kier molecular flexibility index (Phi) is 6.92. The highest BCUT2D eigenvalue weighted by molar-refractivity contribution is 5.96. The number of carbonyl (C=O) groups excluding carboxylic acids is 2. The fraction of sp³-hybridized carbons (Fsp3) is 0.632. The Labute approximate surface area is 162 Å². The van der Waals surface area contributed by atoms with Crippen molar-refractivity contribution in [1.29, 1.82) is 0 Å². The lowest BCUT2D eigenvalue weighted by Crippen LogP contribution is -2.51. The number of hydrogen-bond acceptors (Lipinski definition) is 5. The van der Waals surface area contributed by atoms with E-state index < -0.39 is 35.5 Å². The first-order chi connectivity index (χ1) is 13.0. The van der Waals surface area contributed by atoms with Crippen molar-refractivity contribution in [2.24, 2.45) is 5.92 Å². The molecule has 0 bridgehead atoms. The summed E-state index contributed by atoms with van der Waals surface area (Å²) in [5, 5.41) is 14.3. The van der Waals surface area contributed by atoms with Gasteiger partial charge in [-0.1, -0.05) is 0 Å². The summed E-state index contributed by atoms with van der Waals surface area (Å²) in [6.07, 6.45) is 0.169. The largest absolute Gasteiger partial charge is 0.444 e.